The second-order valence-electron chi connectivity index (χ2n) is 5.03. The lowest BCUT2D eigenvalue weighted by Crippen LogP contribution is -2.36. The fourth-order valence-corrected chi connectivity index (χ4v) is 2.63. The Kier molecular flexibility index (Phi) is 3.68. The SMILES string of the molecule is O=C(O)C1CC=CCC1c1nc(N2CCOCC2)no1. The normalized spacial score (nSPS) is 26.7. The van der Waals surface area contributed by atoms with Gasteiger partial charge in [-0.2, -0.15) is 4.98 Å². The first-order chi connectivity index (χ1) is 9.75. The van der Waals surface area contributed by atoms with Crippen LogP contribution in [-0.2, 0) is 9.53 Å². The molecule has 3 rings (SSSR count). The highest BCUT2D eigenvalue weighted by molar-refractivity contribution is 5.71. The van der Waals surface area contributed by atoms with Gasteiger partial charge in [-0.25, -0.2) is 0 Å². The van der Waals surface area contributed by atoms with Crippen LogP contribution in [0.25, 0.3) is 0 Å². The number of aromatic nitrogens is 2. The molecule has 2 aliphatic rings. The van der Waals surface area contributed by atoms with Crippen LogP contribution in [0.15, 0.2) is 16.7 Å². The number of ether oxygens (including phenoxy) is 1. The minimum Gasteiger partial charge on any atom is -0.481 e. The second kappa shape index (κ2) is 5.62. The number of carboxylic acid groups (broad SMARTS) is 1. The van der Waals surface area contributed by atoms with Gasteiger partial charge in [0, 0.05) is 13.1 Å². The molecule has 108 valence electrons. The van der Waals surface area contributed by atoms with Crippen molar-refractivity contribution < 1.29 is 19.2 Å². The number of aliphatic carboxylic acids is 1. The highest BCUT2D eigenvalue weighted by Crippen LogP contribution is 2.34. The molecule has 0 aromatic carbocycles. The van der Waals surface area contributed by atoms with Crippen molar-refractivity contribution in [1.29, 1.82) is 0 Å². The maximum Gasteiger partial charge on any atom is 0.307 e. The van der Waals surface area contributed by atoms with Crippen LogP contribution in [0.2, 0.25) is 0 Å². The molecule has 1 fully saturated rings. The number of allylic oxidation sites excluding steroid dienone is 2. The van der Waals surface area contributed by atoms with Gasteiger partial charge in [0.25, 0.3) is 5.95 Å². The molecule has 1 aromatic heterocycles. The summed E-state index contributed by atoms with van der Waals surface area (Å²) in [6.07, 6.45) is 5.01. The van der Waals surface area contributed by atoms with Crippen molar-refractivity contribution in [1.82, 2.24) is 10.1 Å². The molecular formula is C13H17N3O4. The van der Waals surface area contributed by atoms with Crippen LogP contribution in [0.4, 0.5) is 5.95 Å². The van der Waals surface area contributed by atoms with Crippen molar-refractivity contribution in [3.05, 3.63) is 18.0 Å². The molecule has 7 heteroatoms. The molecule has 2 atom stereocenters. The molecule has 0 amide bonds. The number of anilines is 1. The first-order valence-electron chi connectivity index (χ1n) is 6.80. The largest absolute Gasteiger partial charge is 0.481 e. The van der Waals surface area contributed by atoms with Crippen LogP contribution in [0.3, 0.4) is 0 Å². The van der Waals surface area contributed by atoms with Crippen LogP contribution in [0.1, 0.15) is 24.7 Å². The molecule has 0 spiro atoms. The van der Waals surface area contributed by atoms with Crippen molar-refractivity contribution in [2.75, 3.05) is 31.2 Å². The first-order valence-corrected chi connectivity index (χ1v) is 6.80. The summed E-state index contributed by atoms with van der Waals surface area (Å²) in [4.78, 5) is 17.7. The zero-order valence-corrected chi connectivity index (χ0v) is 11.1. The Morgan fingerprint density at radius 1 is 1.30 bits per heavy atom. The average Bonchev–Trinajstić information content (AvgIpc) is 2.98. The van der Waals surface area contributed by atoms with Crippen molar-refractivity contribution in [3.63, 3.8) is 0 Å². The molecule has 20 heavy (non-hydrogen) atoms. The molecule has 0 radical (unpaired) electrons. The summed E-state index contributed by atoms with van der Waals surface area (Å²) in [6, 6.07) is 0. The Morgan fingerprint density at radius 3 is 2.80 bits per heavy atom. The standard InChI is InChI=1S/C13H17N3O4/c17-12(18)10-4-2-1-3-9(10)11-14-13(15-20-11)16-5-7-19-8-6-16/h1-2,9-10H,3-8H2,(H,17,18). The minimum atomic E-state index is -0.814. The lowest BCUT2D eigenvalue weighted by molar-refractivity contribution is -0.142. The quantitative estimate of drug-likeness (QED) is 0.827. The van der Waals surface area contributed by atoms with Gasteiger partial charge in [0.2, 0.25) is 5.89 Å². The van der Waals surface area contributed by atoms with E-state index in [-0.39, 0.29) is 5.92 Å². The zero-order chi connectivity index (χ0) is 13.9. The van der Waals surface area contributed by atoms with E-state index in [1.54, 1.807) is 0 Å². The van der Waals surface area contributed by atoms with E-state index >= 15 is 0 Å². The Balaban J connectivity index is 1.78. The maximum atomic E-state index is 11.3. The molecule has 2 heterocycles. The van der Waals surface area contributed by atoms with Gasteiger partial charge in [-0.05, 0) is 18.0 Å². The summed E-state index contributed by atoms with van der Waals surface area (Å²) in [6.45, 7) is 2.75. The third-order valence-electron chi connectivity index (χ3n) is 3.79. The summed E-state index contributed by atoms with van der Waals surface area (Å²) in [5, 5.41) is 13.3. The number of hydrogen-bond donors (Lipinski definition) is 1. The first kappa shape index (κ1) is 13.1. The molecule has 1 N–H and O–H groups in total. The van der Waals surface area contributed by atoms with Crippen LogP contribution in [0.5, 0.6) is 0 Å². The van der Waals surface area contributed by atoms with Gasteiger partial charge >= 0.3 is 5.97 Å². The topological polar surface area (TPSA) is 88.7 Å². The molecule has 1 saturated heterocycles. The zero-order valence-electron chi connectivity index (χ0n) is 11.1. The molecule has 2 unspecified atom stereocenters. The highest BCUT2D eigenvalue weighted by Gasteiger charge is 2.34. The van der Waals surface area contributed by atoms with Gasteiger partial charge in [0.1, 0.15) is 0 Å². The smallest absolute Gasteiger partial charge is 0.307 e. The lowest BCUT2D eigenvalue weighted by atomic mass is 9.83. The number of hydrogen-bond acceptors (Lipinski definition) is 6. The Hall–Kier alpha value is -1.89. The van der Waals surface area contributed by atoms with Crippen LogP contribution < -0.4 is 4.90 Å². The van der Waals surface area contributed by atoms with E-state index in [0.29, 0.717) is 37.9 Å². The van der Waals surface area contributed by atoms with Gasteiger partial charge in [0.05, 0.1) is 25.0 Å². The minimum absolute atomic E-state index is 0.236. The molecule has 1 aliphatic carbocycles. The van der Waals surface area contributed by atoms with E-state index in [0.717, 1.165) is 13.1 Å². The van der Waals surface area contributed by atoms with E-state index in [2.05, 4.69) is 10.1 Å². The van der Waals surface area contributed by atoms with Crippen LogP contribution in [-0.4, -0.2) is 47.5 Å². The molecule has 1 aliphatic heterocycles. The highest BCUT2D eigenvalue weighted by atomic mass is 16.5. The molecule has 1 aromatic rings. The fourth-order valence-electron chi connectivity index (χ4n) is 2.63. The van der Waals surface area contributed by atoms with E-state index in [1.165, 1.54) is 0 Å². The molecular weight excluding hydrogens is 262 g/mol. The van der Waals surface area contributed by atoms with Gasteiger partial charge < -0.3 is 19.3 Å². The second-order valence-corrected chi connectivity index (χ2v) is 5.03. The van der Waals surface area contributed by atoms with E-state index in [1.807, 2.05) is 17.1 Å². The lowest BCUT2D eigenvalue weighted by Gasteiger charge is -2.25. The van der Waals surface area contributed by atoms with Crippen LogP contribution >= 0.6 is 0 Å². The summed E-state index contributed by atoms with van der Waals surface area (Å²) < 4.78 is 10.6. The van der Waals surface area contributed by atoms with Crippen molar-refractivity contribution >= 4 is 11.9 Å². The molecule has 7 nitrogen and oxygen atoms in total. The van der Waals surface area contributed by atoms with Gasteiger partial charge in [0.15, 0.2) is 0 Å². The van der Waals surface area contributed by atoms with Crippen molar-refractivity contribution in [2.45, 2.75) is 18.8 Å². The van der Waals surface area contributed by atoms with Gasteiger partial charge in [-0.15, -0.1) is 0 Å². The Morgan fingerprint density at radius 2 is 2.05 bits per heavy atom. The van der Waals surface area contributed by atoms with E-state index in [4.69, 9.17) is 9.26 Å². The number of carboxylic acids is 1. The third-order valence-corrected chi connectivity index (χ3v) is 3.79. The maximum absolute atomic E-state index is 11.3. The summed E-state index contributed by atoms with van der Waals surface area (Å²) in [5.41, 5.74) is 0. The number of rotatable bonds is 3. The van der Waals surface area contributed by atoms with E-state index < -0.39 is 11.9 Å². The number of morpholine rings is 1. The summed E-state index contributed by atoms with van der Waals surface area (Å²) >= 11 is 0. The summed E-state index contributed by atoms with van der Waals surface area (Å²) in [7, 11) is 0. The van der Waals surface area contributed by atoms with E-state index in [9.17, 15) is 9.90 Å². The van der Waals surface area contributed by atoms with Crippen molar-refractivity contribution in [3.8, 4) is 0 Å². The Bertz CT molecular complexity index is 507. The molecule has 0 bridgehead atoms. The van der Waals surface area contributed by atoms with Gasteiger partial charge in [-0.3, -0.25) is 4.79 Å². The average molecular weight is 279 g/mol. The fraction of sp³-hybridized carbons (Fsp3) is 0.615. The third kappa shape index (κ3) is 2.53. The predicted molar refractivity (Wildman–Crippen MR) is 69.6 cm³/mol. The summed E-state index contributed by atoms with van der Waals surface area (Å²) in [5.74, 6) is -0.589. The Labute approximate surface area is 116 Å². The number of nitrogens with zero attached hydrogens (tertiary/aromatic N) is 3. The molecule has 0 saturated carbocycles. The monoisotopic (exact) mass is 279 g/mol. The van der Waals surface area contributed by atoms with Gasteiger partial charge in [-0.1, -0.05) is 12.2 Å². The predicted octanol–water partition coefficient (Wildman–Crippen LogP) is 1.04. The van der Waals surface area contributed by atoms with Crippen LogP contribution in [0, 0.1) is 5.92 Å². The van der Waals surface area contributed by atoms with Crippen molar-refractivity contribution in [2.24, 2.45) is 5.92 Å². The number of carbonyl (C=O) groups is 1.